The second-order valence-electron chi connectivity index (χ2n) is 7.97. The first-order valence-electron chi connectivity index (χ1n) is 9.86. The second-order valence-corrected chi connectivity index (χ2v) is 7.97. The number of nitrogens with one attached hydrogen (secondary N) is 2. The van der Waals surface area contributed by atoms with E-state index in [-0.39, 0.29) is 24.7 Å². The third kappa shape index (κ3) is 5.94. The Kier molecular flexibility index (Phi) is 6.94. The number of halogens is 1. The Hall–Kier alpha value is -3.66. The summed E-state index contributed by atoms with van der Waals surface area (Å²) in [5, 5.41) is 9.40. The highest BCUT2D eigenvalue weighted by atomic mass is 19.1. The van der Waals surface area contributed by atoms with E-state index in [0.29, 0.717) is 22.7 Å². The predicted octanol–water partition coefficient (Wildman–Crippen LogP) is 4.27. The molecule has 10 heteroatoms. The molecule has 1 aromatic carbocycles. The summed E-state index contributed by atoms with van der Waals surface area (Å²) in [6.07, 6.45) is 1.02. The van der Waals surface area contributed by atoms with Crippen LogP contribution in [-0.4, -0.2) is 34.0 Å². The minimum Gasteiger partial charge on any atom is -0.494 e. The smallest absolute Gasteiger partial charge is 0.413 e. The van der Waals surface area contributed by atoms with Crippen LogP contribution in [0.25, 0.3) is 11.3 Å². The molecule has 2 heterocycles. The molecule has 32 heavy (non-hydrogen) atoms. The van der Waals surface area contributed by atoms with Gasteiger partial charge in [-0.1, -0.05) is 0 Å². The van der Waals surface area contributed by atoms with Gasteiger partial charge in [0.1, 0.15) is 22.9 Å². The third-order valence-corrected chi connectivity index (χ3v) is 4.21. The van der Waals surface area contributed by atoms with E-state index in [4.69, 9.17) is 19.9 Å². The normalized spacial score (nSPS) is 11.3. The van der Waals surface area contributed by atoms with Crippen molar-refractivity contribution >= 4 is 17.6 Å². The van der Waals surface area contributed by atoms with Crippen molar-refractivity contribution in [3.8, 4) is 17.0 Å². The molecule has 0 aliphatic carbocycles. The molecule has 0 radical (unpaired) electrons. The molecular weight excluding hydrogens is 417 g/mol. The molecule has 170 valence electrons. The highest BCUT2D eigenvalue weighted by Gasteiger charge is 2.17. The quantitative estimate of drug-likeness (QED) is 0.466. The van der Waals surface area contributed by atoms with Gasteiger partial charge in [-0.15, -0.1) is 0 Å². The molecule has 0 saturated heterocycles. The summed E-state index contributed by atoms with van der Waals surface area (Å²) in [6, 6.07) is 7.92. The summed E-state index contributed by atoms with van der Waals surface area (Å²) in [7, 11) is 1.53. The van der Waals surface area contributed by atoms with Crippen LogP contribution >= 0.6 is 0 Å². The van der Waals surface area contributed by atoms with E-state index in [1.165, 1.54) is 19.2 Å². The standard InChI is InChI=1S/C22H26FN5O4/c1-22(2,3)32-21(29)27-19-6-5-15(23)18(26-19)12-31-11-13-9-14(17-7-8-25-28-17)20(30-4)16(24)10-13/h5-10H,11-12,24H2,1-4H3,(H,25,28)(H,26,27,29). The van der Waals surface area contributed by atoms with Gasteiger partial charge in [-0.05, 0) is 56.7 Å². The Bertz CT molecular complexity index is 1080. The number of hydrogen-bond donors (Lipinski definition) is 3. The van der Waals surface area contributed by atoms with E-state index in [1.807, 2.05) is 6.07 Å². The number of anilines is 2. The fourth-order valence-corrected chi connectivity index (χ4v) is 2.95. The van der Waals surface area contributed by atoms with Gasteiger partial charge in [-0.2, -0.15) is 5.10 Å². The van der Waals surface area contributed by atoms with E-state index >= 15 is 0 Å². The van der Waals surface area contributed by atoms with Crippen molar-refractivity contribution in [3.05, 3.63) is 53.6 Å². The van der Waals surface area contributed by atoms with Crippen LogP contribution in [0.3, 0.4) is 0 Å². The zero-order valence-electron chi connectivity index (χ0n) is 18.4. The molecule has 0 fully saturated rings. The summed E-state index contributed by atoms with van der Waals surface area (Å²) in [4.78, 5) is 16.0. The summed E-state index contributed by atoms with van der Waals surface area (Å²) >= 11 is 0. The fourth-order valence-electron chi connectivity index (χ4n) is 2.95. The van der Waals surface area contributed by atoms with Crippen molar-refractivity contribution in [3.63, 3.8) is 0 Å². The first-order chi connectivity index (χ1) is 15.2. The average Bonchev–Trinajstić information content (AvgIpc) is 3.23. The van der Waals surface area contributed by atoms with Gasteiger partial charge < -0.3 is 19.9 Å². The lowest BCUT2D eigenvalue weighted by atomic mass is 10.1. The van der Waals surface area contributed by atoms with Gasteiger partial charge in [0.2, 0.25) is 0 Å². The van der Waals surface area contributed by atoms with Gasteiger partial charge in [0.05, 0.1) is 31.7 Å². The van der Waals surface area contributed by atoms with Gasteiger partial charge in [0.25, 0.3) is 0 Å². The number of carbonyl (C=O) groups is 1. The van der Waals surface area contributed by atoms with Crippen molar-refractivity contribution in [2.24, 2.45) is 0 Å². The molecule has 3 aromatic rings. The molecule has 0 spiro atoms. The predicted molar refractivity (Wildman–Crippen MR) is 118 cm³/mol. The van der Waals surface area contributed by atoms with Crippen molar-refractivity contribution in [2.45, 2.75) is 39.6 Å². The molecule has 2 aromatic heterocycles. The molecule has 0 saturated carbocycles. The molecule has 4 N–H and O–H groups in total. The molecule has 0 aliphatic heterocycles. The Labute approximate surface area is 185 Å². The Morgan fingerprint density at radius 2 is 2.00 bits per heavy atom. The van der Waals surface area contributed by atoms with Gasteiger partial charge in [0.15, 0.2) is 5.75 Å². The molecule has 3 rings (SSSR count). The van der Waals surface area contributed by atoms with Crippen LogP contribution in [0.4, 0.5) is 20.7 Å². The van der Waals surface area contributed by atoms with E-state index in [1.54, 1.807) is 39.1 Å². The van der Waals surface area contributed by atoms with E-state index in [9.17, 15) is 9.18 Å². The number of benzene rings is 1. The number of H-pyrrole nitrogens is 1. The number of ether oxygens (including phenoxy) is 3. The van der Waals surface area contributed by atoms with E-state index in [2.05, 4.69) is 20.5 Å². The molecule has 1 amide bonds. The summed E-state index contributed by atoms with van der Waals surface area (Å²) in [5.74, 6) is 0.120. The number of aromatic nitrogens is 3. The highest BCUT2D eigenvalue weighted by molar-refractivity contribution is 5.83. The molecular formula is C22H26FN5O4. The van der Waals surface area contributed by atoms with Crippen LogP contribution in [-0.2, 0) is 22.7 Å². The van der Waals surface area contributed by atoms with Gasteiger partial charge >= 0.3 is 6.09 Å². The minimum absolute atomic E-state index is 0.0487. The molecule has 9 nitrogen and oxygen atoms in total. The topological polar surface area (TPSA) is 124 Å². The van der Waals surface area contributed by atoms with Crippen LogP contribution < -0.4 is 15.8 Å². The number of hydrogen-bond acceptors (Lipinski definition) is 7. The monoisotopic (exact) mass is 443 g/mol. The molecule has 0 atom stereocenters. The lowest BCUT2D eigenvalue weighted by Crippen LogP contribution is -2.27. The van der Waals surface area contributed by atoms with E-state index in [0.717, 1.165) is 5.56 Å². The number of rotatable bonds is 7. The Balaban J connectivity index is 1.68. The zero-order chi connectivity index (χ0) is 23.3. The van der Waals surface area contributed by atoms with Crippen molar-refractivity contribution in [2.75, 3.05) is 18.2 Å². The number of pyridine rings is 1. The maximum Gasteiger partial charge on any atom is 0.413 e. The number of aromatic amines is 1. The lowest BCUT2D eigenvalue weighted by molar-refractivity contribution is 0.0635. The number of amides is 1. The first-order valence-corrected chi connectivity index (χ1v) is 9.86. The van der Waals surface area contributed by atoms with Crippen LogP contribution in [0.5, 0.6) is 5.75 Å². The minimum atomic E-state index is -0.678. The lowest BCUT2D eigenvalue weighted by Gasteiger charge is -2.19. The second kappa shape index (κ2) is 9.65. The summed E-state index contributed by atoms with van der Waals surface area (Å²) in [5.41, 5.74) is 8.06. The Morgan fingerprint density at radius 1 is 1.22 bits per heavy atom. The number of methoxy groups -OCH3 is 1. The van der Waals surface area contributed by atoms with Crippen molar-refractivity contribution in [1.82, 2.24) is 15.2 Å². The maximum atomic E-state index is 14.2. The number of carbonyl (C=O) groups excluding carboxylic acids is 1. The first kappa shape index (κ1) is 23.0. The molecule has 0 aliphatic rings. The fraction of sp³-hybridized carbons (Fsp3) is 0.318. The van der Waals surface area contributed by atoms with Gasteiger partial charge in [-0.25, -0.2) is 14.2 Å². The number of nitrogens with zero attached hydrogens (tertiary/aromatic N) is 2. The maximum absolute atomic E-state index is 14.2. The third-order valence-electron chi connectivity index (χ3n) is 4.21. The zero-order valence-corrected chi connectivity index (χ0v) is 18.4. The SMILES string of the molecule is COc1c(N)cc(COCc2nc(NC(=O)OC(C)(C)C)ccc2F)cc1-c1cc[nH]n1. The summed E-state index contributed by atoms with van der Waals surface area (Å²) < 4.78 is 30.4. The Morgan fingerprint density at radius 3 is 2.66 bits per heavy atom. The van der Waals surface area contributed by atoms with Crippen molar-refractivity contribution in [1.29, 1.82) is 0 Å². The molecule has 0 bridgehead atoms. The van der Waals surface area contributed by atoms with E-state index < -0.39 is 17.5 Å². The van der Waals surface area contributed by atoms with Crippen molar-refractivity contribution < 1.29 is 23.4 Å². The number of nitrogen functional groups attached to an aromatic ring is 1. The van der Waals surface area contributed by atoms with Gasteiger partial charge in [-0.3, -0.25) is 10.4 Å². The van der Waals surface area contributed by atoms with Crippen LogP contribution in [0, 0.1) is 5.82 Å². The largest absolute Gasteiger partial charge is 0.494 e. The molecule has 0 unspecified atom stereocenters. The van der Waals surface area contributed by atoms with Crippen LogP contribution in [0.15, 0.2) is 36.5 Å². The van der Waals surface area contributed by atoms with Gasteiger partial charge in [0, 0.05) is 11.8 Å². The van der Waals surface area contributed by atoms with Crippen LogP contribution in [0.2, 0.25) is 0 Å². The summed E-state index contributed by atoms with van der Waals surface area (Å²) in [6.45, 7) is 5.27. The average molecular weight is 443 g/mol. The highest BCUT2D eigenvalue weighted by Crippen LogP contribution is 2.35. The number of nitrogens with two attached hydrogens (primary N) is 1. The van der Waals surface area contributed by atoms with Crippen LogP contribution in [0.1, 0.15) is 32.0 Å².